The van der Waals surface area contributed by atoms with E-state index in [0.29, 0.717) is 29.4 Å². The van der Waals surface area contributed by atoms with Gasteiger partial charge in [-0.25, -0.2) is 9.50 Å². The first-order valence-corrected chi connectivity index (χ1v) is 9.73. The summed E-state index contributed by atoms with van der Waals surface area (Å²) in [6.45, 7) is 5.08. The van der Waals surface area contributed by atoms with Crippen LogP contribution in [0.4, 0.5) is 5.69 Å². The van der Waals surface area contributed by atoms with Crippen molar-refractivity contribution >= 4 is 11.3 Å². The molecule has 9 nitrogen and oxygen atoms in total. The van der Waals surface area contributed by atoms with Gasteiger partial charge in [0.1, 0.15) is 5.69 Å². The second-order valence-corrected chi connectivity index (χ2v) is 6.80. The summed E-state index contributed by atoms with van der Waals surface area (Å²) >= 11 is 0. The summed E-state index contributed by atoms with van der Waals surface area (Å²) < 4.78 is 12.8. The molecule has 9 heteroatoms. The fourth-order valence-electron chi connectivity index (χ4n) is 3.11. The van der Waals surface area contributed by atoms with E-state index in [1.54, 1.807) is 28.9 Å². The van der Waals surface area contributed by atoms with Crippen LogP contribution in [0.3, 0.4) is 0 Å². The molecule has 30 heavy (non-hydrogen) atoms. The first kappa shape index (κ1) is 19.8. The van der Waals surface area contributed by atoms with E-state index in [0.717, 1.165) is 39.3 Å². The molecule has 0 atom stereocenters. The highest BCUT2D eigenvalue weighted by atomic mass is 16.6. The second kappa shape index (κ2) is 9.35. The van der Waals surface area contributed by atoms with Crippen molar-refractivity contribution in [3.8, 4) is 17.7 Å². The second-order valence-electron chi connectivity index (χ2n) is 6.80. The molecule has 1 aliphatic rings. The topological polar surface area (TPSA) is 95.0 Å². The van der Waals surface area contributed by atoms with Gasteiger partial charge >= 0.3 is 0 Å². The van der Waals surface area contributed by atoms with Crippen molar-refractivity contribution in [3.05, 3.63) is 64.0 Å². The third kappa shape index (κ3) is 4.92. The summed E-state index contributed by atoms with van der Waals surface area (Å²) in [7, 11) is 0. The van der Waals surface area contributed by atoms with Gasteiger partial charge in [-0.3, -0.25) is 15.0 Å². The van der Waals surface area contributed by atoms with Crippen molar-refractivity contribution < 1.29 is 14.4 Å². The largest absolute Gasteiger partial charge is 0.477 e. The number of imidazole rings is 1. The lowest BCUT2D eigenvalue weighted by Crippen LogP contribution is -2.37. The molecule has 1 aliphatic heterocycles. The molecule has 4 rings (SSSR count). The summed E-state index contributed by atoms with van der Waals surface area (Å²) in [5, 5.41) is 15.2. The Bertz CT molecular complexity index is 1080. The highest BCUT2D eigenvalue weighted by Crippen LogP contribution is 2.13. The molecule has 0 amide bonds. The number of aromatic nitrogens is 3. The van der Waals surface area contributed by atoms with E-state index in [4.69, 9.17) is 9.47 Å². The lowest BCUT2D eigenvalue weighted by Gasteiger charge is -2.26. The minimum absolute atomic E-state index is 0.0347. The van der Waals surface area contributed by atoms with E-state index < -0.39 is 4.92 Å². The van der Waals surface area contributed by atoms with Crippen molar-refractivity contribution in [1.29, 1.82) is 0 Å². The number of rotatable bonds is 6. The number of ether oxygens (including phenoxy) is 2. The van der Waals surface area contributed by atoms with Crippen LogP contribution in [0.25, 0.3) is 5.65 Å². The maximum Gasteiger partial charge on any atom is 0.269 e. The summed E-state index contributed by atoms with van der Waals surface area (Å²) in [4.78, 5) is 17.0. The Hall–Kier alpha value is -3.48. The van der Waals surface area contributed by atoms with Crippen LogP contribution in [0.2, 0.25) is 0 Å². The Morgan fingerprint density at radius 1 is 1.13 bits per heavy atom. The highest BCUT2D eigenvalue weighted by Gasteiger charge is 2.10. The number of non-ortho nitro benzene ring substituents is 1. The lowest BCUT2D eigenvalue weighted by atomic mass is 10.2. The molecule has 1 fully saturated rings. The van der Waals surface area contributed by atoms with Crippen LogP contribution in [0.5, 0.6) is 5.88 Å². The number of fused-ring (bicyclic) bond motifs is 1. The zero-order chi connectivity index (χ0) is 20.8. The molecular weight excluding hydrogens is 386 g/mol. The maximum atomic E-state index is 10.7. The van der Waals surface area contributed by atoms with Gasteiger partial charge in [0.15, 0.2) is 5.65 Å². The van der Waals surface area contributed by atoms with E-state index in [1.165, 1.54) is 12.1 Å². The van der Waals surface area contributed by atoms with Crippen LogP contribution in [-0.2, 0) is 4.74 Å². The summed E-state index contributed by atoms with van der Waals surface area (Å²) in [5.74, 6) is 6.51. The molecule has 0 bridgehead atoms. The Kier molecular flexibility index (Phi) is 6.17. The van der Waals surface area contributed by atoms with Crippen LogP contribution in [0.15, 0.2) is 42.6 Å². The quantitative estimate of drug-likeness (QED) is 0.267. The monoisotopic (exact) mass is 407 g/mol. The first-order valence-electron chi connectivity index (χ1n) is 9.73. The third-order valence-electron chi connectivity index (χ3n) is 4.72. The molecule has 0 unspecified atom stereocenters. The normalized spacial score (nSPS) is 14.3. The Morgan fingerprint density at radius 3 is 2.70 bits per heavy atom. The van der Waals surface area contributed by atoms with Gasteiger partial charge in [0.25, 0.3) is 5.69 Å². The van der Waals surface area contributed by atoms with Gasteiger partial charge in [-0.05, 0) is 30.5 Å². The molecule has 1 saturated heterocycles. The first-order chi connectivity index (χ1) is 14.7. The van der Waals surface area contributed by atoms with E-state index in [-0.39, 0.29) is 5.69 Å². The van der Waals surface area contributed by atoms with Crippen LogP contribution >= 0.6 is 0 Å². The number of hydrogen-bond donors (Lipinski definition) is 0. The van der Waals surface area contributed by atoms with Gasteiger partial charge < -0.3 is 9.47 Å². The predicted octanol–water partition coefficient (Wildman–Crippen LogP) is 2.14. The van der Waals surface area contributed by atoms with Gasteiger partial charge in [0.2, 0.25) is 5.88 Å². The number of nitrogens with zero attached hydrogens (tertiary/aromatic N) is 5. The fraction of sp³-hybridized carbons (Fsp3) is 0.333. The van der Waals surface area contributed by atoms with E-state index in [1.807, 2.05) is 6.07 Å². The molecule has 3 aromatic rings. The standard InChI is InChI=1S/C21H21N5O4/c27-26(28)18-5-2-17(3-6-18)4-7-19-16-22-20-8-9-21(23-25(19)20)30-13-1-10-24-11-14-29-15-12-24/h2-3,5-6,8-9,16H,1,10-15H2. The summed E-state index contributed by atoms with van der Waals surface area (Å²) in [6, 6.07) is 9.72. The zero-order valence-corrected chi connectivity index (χ0v) is 16.4. The molecule has 3 heterocycles. The minimum atomic E-state index is -0.436. The van der Waals surface area contributed by atoms with E-state index in [9.17, 15) is 10.1 Å². The van der Waals surface area contributed by atoms with Crippen molar-refractivity contribution in [2.45, 2.75) is 6.42 Å². The van der Waals surface area contributed by atoms with Crippen molar-refractivity contribution in [1.82, 2.24) is 19.5 Å². The van der Waals surface area contributed by atoms with Gasteiger partial charge in [-0.1, -0.05) is 5.92 Å². The number of hydrogen-bond acceptors (Lipinski definition) is 7. The van der Waals surface area contributed by atoms with E-state index >= 15 is 0 Å². The molecule has 0 N–H and O–H groups in total. The summed E-state index contributed by atoms with van der Waals surface area (Å²) in [6.07, 6.45) is 2.55. The molecule has 0 saturated carbocycles. The van der Waals surface area contributed by atoms with Gasteiger partial charge in [0, 0.05) is 43.4 Å². The van der Waals surface area contributed by atoms with E-state index in [2.05, 4.69) is 26.8 Å². The number of morpholine rings is 1. The van der Waals surface area contributed by atoms with Crippen molar-refractivity contribution in [2.75, 3.05) is 39.5 Å². The summed E-state index contributed by atoms with van der Waals surface area (Å²) in [5.41, 5.74) is 1.99. The van der Waals surface area contributed by atoms with Gasteiger partial charge in [-0.15, -0.1) is 5.10 Å². The van der Waals surface area contributed by atoms with Gasteiger partial charge in [0.05, 0.1) is 30.9 Å². The smallest absolute Gasteiger partial charge is 0.269 e. The highest BCUT2D eigenvalue weighted by molar-refractivity contribution is 5.48. The molecular formula is C21H21N5O4. The minimum Gasteiger partial charge on any atom is -0.477 e. The molecule has 1 aromatic carbocycles. The SMILES string of the molecule is O=[N+]([O-])c1ccc(C#Cc2cnc3ccc(OCCCN4CCOCC4)nn23)cc1. The van der Waals surface area contributed by atoms with Crippen molar-refractivity contribution in [3.63, 3.8) is 0 Å². The van der Waals surface area contributed by atoms with Crippen LogP contribution in [0.1, 0.15) is 17.7 Å². The third-order valence-corrected chi connectivity index (χ3v) is 4.72. The fourth-order valence-corrected chi connectivity index (χ4v) is 3.11. The molecule has 0 spiro atoms. The molecule has 154 valence electrons. The van der Waals surface area contributed by atoms with Crippen LogP contribution in [0, 0.1) is 22.0 Å². The van der Waals surface area contributed by atoms with Crippen molar-refractivity contribution in [2.24, 2.45) is 0 Å². The van der Waals surface area contributed by atoms with Gasteiger partial charge in [-0.2, -0.15) is 0 Å². The zero-order valence-electron chi connectivity index (χ0n) is 16.4. The maximum absolute atomic E-state index is 10.7. The molecule has 0 radical (unpaired) electrons. The Morgan fingerprint density at radius 2 is 1.93 bits per heavy atom. The number of nitro groups is 1. The number of nitro benzene ring substituents is 1. The number of benzene rings is 1. The van der Waals surface area contributed by atoms with Crippen LogP contribution in [-0.4, -0.2) is 63.9 Å². The Labute approximate surface area is 173 Å². The average molecular weight is 407 g/mol. The predicted molar refractivity (Wildman–Crippen MR) is 109 cm³/mol. The molecule has 2 aromatic heterocycles. The average Bonchev–Trinajstić information content (AvgIpc) is 3.18. The lowest BCUT2D eigenvalue weighted by molar-refractivity contribution is -0.384. The Balaban J connectivity index is 1.39. The molecule has 0 aliphatic carbocycles. The van der Waals surface area contributed by atoms with Crippen LogP contribution < -0.4 is 4.74 Å².